The fraction of sp³-hybridized carbons (Fsp3) is 0.333. The third kappa shape index (κ3) is 3.53. The first-order chi connectivity index (χ1) is 9.51. The number of nitrogens with two attached hydrogens (primary N) is 1. The van der Waals surface area contributed by atoms with E-state index in [1.54, 1.807) is 0 Å². The van der Waals surface area contributed by atoms with Crippen molar-refractivity contribution in [2.24, 2.45) is 0 Å². The van der Waals surface area contributed by atoms with Crippen LogP contribution in [0, 0.1) is 0 Å². The first kappa shape index (κ1) is 14.4. The molecule has 2 rings (SSSR count). The Morgan fingerprint density at radius 3 is 2.10 bits per heavy atom. The summed E-state index contributed by atoms with van der Waals surface area (Å²) >= 11 is 0. The van der Waals surface area contributed by atoms with Gasteiger partial charge in [0.2, 0.25) is 0 Å². The number of anilines is 1. The average molecular weight is 269 g/mol. The number of hydrogen-bond donors (Lipinski definition) is 1. The molecule has 0 spiro atoms. The van der Waals surface area contributed by atoms with Gasteiger partial charge in [-0.2, -0.15) is 0 Å². The van der Waals surface area contributed by atoms with Crippen LogP contribution in [0.4, 0.5) is 5.69 Å². The fourth-order valence-corrected chi connectivity index (χ4v) is 1.99. The molecule has 0 unspecified atom stereocenters. The van der Waals surface area contributed by atoms with E-state index in [2.05, 4.69) is 32.9 Å². The minimum Gasteiger partial charge on any atom is -0.489 e. The zero-order valence-corrected chi connectivity index (χ0v) is 12.5. The molecular weight excluding hydrogens is 246 g/mol. The van der Waals surface area contributed by atoms with Gasteiger partial charge in [0, 0.05) is 5.69 Å². The Kier molecular flexibility index (Phi) is 4.33. The summed E-state index contributed by atoms with van der Waals surface area (Å²) in [5, 5.41) is 0. The highest BCUT2D eigenvalue weighted by Gasteiger charge is 2.17. The fourth-order valence-electron chi connectivity index (χ4n) is 1.99. The van der Waals surface area contributed by atoms with Gasteiger partial charge in [0.25, 0.3) is 0 Å². The predicted molar refractivity (Wildman–Crippen MR) is 84.9 cm³/mol. The minimum absolute atomic E-state index is 0.218. The Bertz CT molecular complexity index is 541. The van der Waals surface area contributed by atoms with Crippen molar-refractivity contribution in [1.29, 1.82) is 0 Å². The maximum absolute atomic E-state index is 5.79. The third-order valence-corrected chi connectivity index (χ3v) is 3.90. The molecule has 20 heavy (non-hydrogen) atoms. The van der Waals surface area contributed by atoms with Crippen LogP contribution in [0.2, 0.25) is 0 Å². The Morgan fingerprint density at radius 2 is 1.55 bits per heavy atom. The molecule has 2 nitrogen and oxygen atoms in total. The maximum atomic E-state index is 5.79. The van der Waals surface area contributed by atoms with E-state index in [4.69, 9.17) is 10.5 Å². The number of nitrogen functional groups attached to an aromatic ring is 1. The van der Waals surface area contributed by atoms with Crippen molar-refractivity contribution in [2.75, 3.05) is 5.73 Å². The lowest BCUT2D eigenvalue weighted by Gasteiger charge is -2.23. The van der Waals surface area contributed by atoms with E-state index < -0.39 is 0 Å². The summed E-state index contributed by atoms with van der Waals surface area (Å²) in [4.78, 5) is 0. The van der Waals surface area contributed by atoms with Crippen LogP contribution in [0.3, 0.4) is 0 Å². The highest BCUT2D eigenvalue weighted by molar-refractivity contribution is 5.39. The molecule has 2 heteroatoms. The monoisotopic (exact) mass is 269 g/mol. The molecule has 0 radical (unpaired) electrons. The molecule has 106 valence electrons. The lowest BCUT2D eigenvalue weighted by Crippen LogP contribution is -2.15. The molecule has 0 heterocycles. The van der Waals surface area contributed by atoms with E-state index in [-0.39, 0.29) is 5.41 Å². The summed E-state index contributed by atoms with van der Waals surface area (Å²) in [5.74, 6) is 0.900. The van der Waals surface area contributed by atoms with Crippen molar-refractivity contribution in [2.45, 2.75) is 39.2 Å². The van der Waals surface area contributed by atoms with Crippen LogP contribution in [0.25, 0.3) is 0 Å². The van der Waals surface area contributed by atoms with Crippen molar-refractivity contribution >= 4 is 5.69 Å². The van der Waals surface area contributed by atoms with Crippen molar-refractivity contribution < 1.29 is 4.74 Å². The van der Waals surface area contributed by atoms with E-state index >= 15 is 0 Å². The van der Waals surface area contributed by atoms with Crippen LogP contribution in [-0.2, 0) is 12.0 Å². The summed E-state index contributed by atoms with van der Waals surface area (Å²) in [6, 6.07) is 16.2. The Labute approximate surface area is 121 Å². The quantitative estimate of drug-likeness (QED) is 0.809. The van der Waals surface area contributed by atoms with Crippen molar-refractivity contribution in [3.05, 3.63) is 59.7 Å². The highest BCUT2D eigenvalue weighted by Crippen LogP contribution is 2.28. The number of ether oxygens (including phenoxy) is 1. The summed E-state index contributed by atoms with van der Waals surface area (Å²) in [7, 11) is 0. The second-order valence-corrected chi connectivity index (χ2v) is 5.79. The zero-order chi connectivity index (χ0) is 14.6. The molecular formula is C18H23NO. The number of rotatable bonds is 5. The third-order valence-electron chi connectivity index (χ3n) is 3.90. The van der Waals surface area contributed by atoms with Crippen LogP contribution in [0.1, 0.15) is 38.3 Å². The second kappa shape index (κ2) is 6.00. The van der Waals surface area contributed by atoms with E-state index in [0.717, 1.165) is 23.4 Å². The van der Waals surface area contributed by atoms with Crippen LogP contribution >= 0.6 is 0 Å². The van der Waals surface area contributed by atoms with Gasteiger partial charge in [-0.25, -0.2) is 0 Å². The molecule has 0 saturated carbocycles. The lowest BCUT2D eigenvalue weighted by atomic mass is 9.82. The van der Waals surface area contributed by atoms with E-state index in [9.17, 15) is 0 Å². The molecule has 2 aromatic carbocycles. The number of hydrogen-bond acceptors (Lipinski definition) is 2. The summed E-state index contributed by atoms with van der Waals surface area (Å²) in [6.07, 6.45) is 1.12. The van der Waals surface area contributed by atoms with Crippen molar-refractivity contribution in [3.63, 3.8) is 0 Å². The first-order valence-electron chi connectivity index (χ1n) is 7.09. The Morgan fingerprint density at radius 1 is 0.950 bits per heavy atom. The van der Waals surface area contributed by atoms with Gasteiger partial charge in [-0.3, -0.25) is 0 Å². The van der Waals surface area contributed by atoms with Gasteiger partial charge in [-0.15, -0.1) is 0 Å². The van der Waals surface area contributed by atoms with Gasteiger partial charge >= 0.3 is 0 Å². The molecule has 0 aliphatic heterocycles. The number of benzene rings is 2. The van der Waals surface area contributed by atoms with Crippen LogP contribution in [0.15, 0.2) is 48.5 Å². The normalized spacial score (nSPS) is 11.3. The van der Waals surface area contributed by atoms with Crippen molar-refractivity contribution in [1.82, 2.24) is 0 Å². The molecule has 0 aliphatic rings. The zero-order valence-electron chi connectivity index (χ0n) is 12.5. The Hall–Kier alpha value is -1.96. The molecule has 2 N–H and O–H groups in total. The smallest absolute Gasteiger partial charge is 0.119 e. The van der Waals surface area contributed by atoms with Crippen LogP contribution in [0.5, 0.6) is 5.75 Å². The second-order valence-electron chi connectivity index (χ2n) is 5.79. The highest BCUT2D eigenvalue weighted by atomic mass is 16.5. The average Bonchev–Trinajstić information content (AvgIpc) is 2.47. The molecule has 0 aromatic heterocycles. The lowest BCUT2D eigenvalue weighted by molar-refractivity contribution is 0.306. The van der Waals surface area contributed by atoms with E-state index in [0.29, 0.717) is 6.61 Å². The first-order valence-corrected chi connectivity index (χ1v) is 7.09. The van der Waals surface area contributed by atoms with Gasteiger partial charge in [-0.1, -0.05) is 45.0 Å². The van der Waals surface area contributed by atoms with Gasteiger partial charge in [0.15, 0.2) is 0 Å². The van der Waals surface area contributed by atoms with Crippen LogP contribution in [-0.4, -0.2) is 0 Å². The van der Waals surface area contributed by atoms with Gasteiger partial charge in [0.1, 0.15) is 12.4 Å². The topological polar surface area (TPSA) is 35.2 Å². The summed E-state index contributed by atoms with van der Waals surface area (Å²) in [6.45, 7) is 7.30. The van der Waals surface area contributed by atoms with Crippen molar-refractivity contribution in [3.8, 4) is 5.75 Å². The predicted octanol–water partition coefficient (Wildman–Crippen LogP) is 4.54. The molecule has 0 bridgehead atoms. The molecule has 0 aliphatic carbocycles. The molecule has 0 saturated heterocycles. The van der Waals surface area contributed by atoms with E-state index in [1.807, 2.05) is 36.4 Å². The van der Waals surface area contributed by atoms with Gasteiger partial charge in [0.05, 0.1) is 0 Å². The summed E-state index contributed by atoms with van der Waals surface area (Å²) in [5.41, 5.74) is 9.13. The van der Waals surface area contributed by atoms with E-state index in [1.165, 1.54) is 5.56 Å². The minimum atomic E-state index is 0.218. The Balaban J connectivity index is 1.99. The van der Waals surface area contributed by atoms with Gasteiger partial charge < -0.3 is 10.5 Å². The van der Waals surface area contributed by atoms with Gasteiger partial charge in [-0.05, 0) is 47.2 Å². The SMILES string of the molecule is CCC(C)(C)c1ccc(OCc2ccc(N)cc2)cc1. The molecule has 0 amide bonds. The molecule has 2 aromatic rings. The maximum Gasteiger partial charge on any atom is 0.119 e. The summed E-state index contributed by atoms with van der Waals surface area (Å²) < 4.78 is 5.79. The van der Waals surface area contributed by atoms with Crippen LogP contribution < -0.4 is 10.5 Å². The largest absolute Gasteiger partial charge is 0.489 e. The molecule has 0 atom stereocenters. The molecule has 0 fully saturated rings. The standard InChI is InChI=1S/C18H23NO/c1-4-18(2,3)15-7-11-17(12-8-15)20-13-14-5-9-16(19)10-6-14/h5-12H,4,13,19H2,1-3H3.